The van der Waals surface area contributed by atoms with E-state index in [1.165, 1.54) is 24.3 Å². The van der Waals surface area contributed by atoms with E-state index in [4.69, 9.17) is 52.2 Å². The molecule has 0 fully saturated rings. The van der Waals surface area contributed by atoms with Gasteiger partial charge in [-0.3, -0.25) is 10.0 Å². The largest absolute Gasteiger partial charge is 0.733 e. The first-order chi connectivity index (χ1) is 14.6. The number of benzene rings is 3. The van der Waals surface area contributed by atoms with Crippen molar-refractivity contribution in [2.75, 3.05) is 10.5 Å². The lowest BCUT2D eigenvalue weighted by molar-refractivity contribution is 0.0934. The van der Waals surface area contributed by atoms with Crippen molar-refractivity contribution in [2.45, 2.75) is 9.96 Å². The summed E-state index contributed by atoms with van der Waals surface area (Å²) in [5.74, 6) is -0.652. The first kappa shape index (κ1) is 23.3. The molecular formula is C20H16Cl3N4O3S-. The Labute approximate surface area is 198 Å². The van der Waals surface area contributed by atoms with E-state index in [0.717, 1.165) is 10.8 Å². The van der Waals surface area contributed by atoms with E-state index >= 15 is 0 Å². The summed E-state index contributed by atoms with van der Waals surface area (Å²) in [6, 6.07) is 18.9. The Balaban J connectivity index is 1.71. The van der Waals surface area contributed by atoms with Gasteiger partial charge in [-0.2, -0.15) is 0 Å². The monoisotopic (exact) mass is 497 g/mol. The van der Waals surface area contributed by atoms with Crippen molar-refractivity contribution in [2.24, 2.45) is 0 Å². The summed E-state index contributed by atoms with van der Waals surface area (Å²) in [6.45, 7) is 0. The van der Waals surface area contributed by atoms with Crippen molar-refractivity contribution in [1.29, 1.82) is 0 Å². The molecule has 0 aliphatic rings. The fraction of sp³-hybridized carbons (Fsp3) is 0.100. The van der Waals surface area contributed by atoms with Crippen molar-refractivity contribution < 1.29 is 10.0 Å². The summed E-state index contributed by atoms with van der Waals surface area (Å²) in [4.78, 5) is 12.6. The molecule has 3 rings (SSSR count). The predicted molar refractivity (Wildman–Crippen MR) is 129 cm³/mol. The molecule has 0 spiro atoms. The Morgan fingerprint density at radius 3 is 2.39 bits per heavy atom. The number of thiocarbonyl (C=S) groups is 1. The highest BCUT2D eigenvalue weighted by Crippen LogP contribution is 2.29. The number of hydrogen-bond donors (Lipinski definition) is 4. The van der Waals surface area contributed by atoms with Gasteiger partial charge < -0.3 is 26.4 Å². The van der Waals surface area contributed by atoms with Crippen LogP contribution in [0.1, 0.15) is 10.4 Å². The molecule has 3 aromatic rings. The van der Waals surface area contributed by atoms with Gasteiger partial charge in [-0.05, 0) is 53.3 Å². The molecule has 0 aliphatic heterocycles. The Hall–Kier alpha value is -2.33. The Morgan fingerprint density at radius 1 is 1.00 bits per heavy atom. The van der Waals surface area contributed by atoms with Crippen LogP contribution in [0.4, 0.5) is 11.4 Å². The SMILES string of the molecule is O=C(NC(NC(=S)Nc1ccc2ccccc2c1)C(Cl)(Cl)Cl)c1cccc(N([O-])O)c1. The molecular weight excluding hydrogens is 483 g/mol. The summed E-state index contributed by atoms with van der Waals surface area (Å²) < 4.78 is -1.95. The lowest BCUT2D eigenvalue weighted by atomic mass is 10.1. The number of carbonyl (C=O) groups excluding carboxylic acids is 1. The van der Waals surface area contributed by atoms with Crippen molar-refractivity contribution in [3.8, 4) is 0 Å². The Bertz CT molecular complexity index is 1110. The Kier molecular flexibility index (Phi) is 7.42. The number of fused-ring (bicyclic) bond motifs is 1. The number of carbonyl (C=O) groups is 1. The third kappa shape index (κ3) is 6.33. The van der Waals surface area contributed by atoms with Crippen molar-refractivity contribution in [3.05, 3.63) is 77.5 Å². The van der Waals surface area contributed by atoms with E-state index in [9.17, 15) is 10.0 Å². The number of halogens is 3. The molecule has 31 heavy (non-hydrogen) atoms. The third-order valence-electron chi connectivity index (χ3n) is 4.21. The first-order valence-corrected chi connectivity index (χ1v) is 10.4. The maximum Gasteiger partial charge on any atom is 0.253 e. The molecule has 162 valence electrons. The summed E-state index contributed by atoms with van der Waals surface area (Å²) in [7, 11) is 0. The van der Waals surface area contributed by atoms with E-state index in [-0.39, 0.29) is 21.6 Å². The topological polar surface area (TPSA) is 99.7 Å². The lowest BCUT2D eigenvalue weighted by Gasteiger charge is -2.28. The third-order valence-corrected chi connectivity index (χ3v) is 5.09. The standard InChI is InChI=1S/C20H16Cl3N4O3S/c21-20(22,23)18(25-17(28)14-6-3-7-16(11-14)27(29)30)26-19(31)24-15-9-8-12-4-1-2-5-13(12)10-15/h1-11,18,29H,(H,25,28)(H2,24,26,31)/q-1. The van der Waals surface area contributed by atoms with E-state index in [1.54, 1.807) is 0 Å². The minimum absolute atomic E-state index is 0.0712. The number of nitrogens with zero attached hydrogens (tertiary/aromatic N) is 1. The highest BCUT2D eigenvalue weighted by Gasteiger charge is 2.35. The highest BCUT2D eigenvalue weighted by atomic mass is 35.6. The number of hydrogen-bond acceptors (Lipinski definition) is 5. The zero-order valence-electron chi connectivity index (χ0n) is 15.7. The van der Waals surface area contributed by atoms with Gasteiger partial charge >= 0.3 is 0 Å². The van der Waals surface area contributed by atoms with Crippen LogP contribution in [-0.4, -0.2) is 26.2 Å². The number of alkyl halides is 3. The van der Waals surface area contributed by atoms with Crippen LogP contribution in [0.3, 0.4) is 0 Å². The van der Waals surface area contributed by atoms with Crippen LogP contribution in [0, 0.1) is 5.21 Å². The summed E-state index contributed by atoms with van der Waals surface area (Å²) in [6.07, 6.45) is -1.20. The minimum atomic E-state index is -1.95. The lowest BCUT2D eigenvalue weighted by Crippen LogP contribution is -2.56. The molecule has 4 N–H and O–H groups in total. The molecule has 1 unspecified atom stereocenters. The molecule has 0 saturated heterocycles. The normalized spacial score (nSPS) is 12.2. The van der Waals surface area contributed by atoms with Crippen LogP contribution >= 0.6 is 47.0 Å². The number of amides is 1. The van der Waals surface area contributed by atoms with Gasteiger partial charge in [0.2, 0.25) is 3.79 Å². The number of rotatable bonds is 5. The van der Waals surface area contributed by atoms with Crippen molar-refractivity contribution >= 4 is 80.2 Å². The van der Waals surface area contributed by atoms with Gasteiger partial charge in [-0.1, -0.05) is 71.2 Å². The molecule has 0 bridgehead atoms. The van der Waals surface area contributed by atoms with Crippen molar-refractivity contribution in [3.63, 3.8) is 0 Å². The summed E-state index contributed by atoms with van der Waals surface area (Å²) in [5, 5.41) is 30.1. The molecule has 3 aromatic carbocycles. The quantitative estimate of drug-likeness (QED) is 0.171. The molecule has 11 heteroatoms. The van der Waals surface area contributed by atoms with Gasteiger partial charge in [0, 0.05) is 11.3 Å². The predicted octanol–water partition coefficient (Wildman–Crippen LogP) is 4.95. The second-order valence-corrected chi connectivity index (χ2v) is 9.21. The average Bonchev–Trinajstić information content (AvgIpc) is 2.72. The molecule has 0 aromatic heterocycles. The minimum Gasteiger partial charge on any atom is -0.733 e. The maximum absolute atomic E-state index is 12.6. The zero-order valence-corrected chi connectivity index (χ0v) is 18.8. The van der Waals surface area contributed by atoms with Crippen LogP contribution < -0.4 is 21.2 Å². The maximum atomic E-state index is 12.6. The Morgan fingerprint density at radius 2 is 1.71 bits per heavy atom. The summed E-state index contributed by atoms with van der Waals surface area (Å²) in [5.41, 5.74) is 0.651. The van der Waals surface area contributed by atoms with Crippen molar-refractivity contribution in [1.82, 2.24) is 10.6 Å². The molecule has 7 nitrogen and oxygen atoms in total. The molecule has 0 aliphatic carbocycles. The van der Waals surface area contributed by atoms with Crippen LogP contribution in [0.15, 0.2) is 66.7 Å². The van der Waals surface area contributed by atoms with Gasteiger partial charge in [0.05, 0.1) is 5.69 Å². The number of anilines is 2. The molecule has 1 atom stereocenters. The van der Waals surface area contributed by atoms with Gasteiger partial charge in [0.25, 0.3) is 5.91 Å². The number of nitrogens with one attached hydrogen (secondary N) is 3. The first-order valence-electron chi connectivity index (χ1n) is 8.83. The highest BCUT2D eigenvalue weighted by molar-refractivity contribution is 7.80. The molecule has 0 heterocycles. The second-order valence-electron chi connectivity index (χ2n) is 6.43. The van der Waals surface area contributed by atoms with E-state index < -0.39 is 15.9 Å². The van der Waals surface area contributed by atoms with Gasteiger partial charge in [0.1, 0.15) is 6.17 Å². The van der Waals surface area contributed by atoms with Crippen LogP contribution in [0.25, 0.3) is 10.8 Å². The van der Waals surface area contributed by atoms with Gasteiger partial charge in [-0.15, -0.1) is 0 Å². The molecule has 0 radical (unpaired) electrons. The van der Waals surface area contributed by atoms with E-state index in [1.807, 2.05) is 42.5 Å². The molecule has 1 amide bonds. The average molecular weight is 499 g/mol. The summed E-state index contributed by atoms with van der Waals surface area (Å²) >= 11 is 23.3. The van der Waals surface area contributed by atoms with Gasteiger partial charge in [-0.25, -0.2) is 0 Å². The van der Waals surface area contributed by atoms with Crippen LogP contribution in [0.5, 0.6) is 0 Å². The van der Waals surface area contributed by atoms with Crippen LogP contribution in [-0.2, 0) is 0 Å². The fourth-order valence-electron chi connectivity index (χ4n) is 2.75. The van der Waals surface area contributed by atoms with Crippen LogP contribution in [0.2, 0.25) is 0 Å². The second kappa shape index (κ2) is 9.86. The smallest absolute Gasteiger partial charge is 0.253 e. The van der Waals surface area contributed by atoms with E-state index in [0.29, 0.717) is 5.69 Å². The van der Waals surface area contributed by atoms with Gasteiger partial charge in [0.15, 0.2) is 5.11 Å². The zero-order chi connectivity index (χ0) is 22.6. The molecule has 0 saturated carbocycles. The fourth-order valence-corrected chi connectivity index (χ4v) is 3.31. The van der Waals surface area contributed by atoms with E-state index in [2.05, 4.69) is 16.0 Å².